The van der Waals surface area contributed by atoms with Crippen molar-refractivity contribution in [2.24, 2.45) is 11.7 Å². The minimum absolute atomic E-state index is 0.00484. The second kappa shape index (κ2) is 12.1. The Balaban J connectivity index is 0.000000960. The van der Waals surface area contributed by atoms with E-state index >= 15 is 0 Å². The summed E-state index contributed by atoms with van der Waals surface area (Å²) in [6.45, 7) is 11.9. The van der Waals surface area contributed by atoms with E-state index in [0.717, 1.165) is 6.42 Å². The molecule has 2 N–H and O–H groups in total. The van der Waals surface area contributed by atoms with Crippen molar-refractivity contribution in [1.82, 2.24) is 0 Å². The van der Waals surface area contributed by atoms with Crippen molar-refractivity contribution in [1.29, 1.82) is 0 Å². The highest BCUT2D eigenvalue weighted by Crippen LogP contribution is 2.36. The van der Waals surface area contributed by atoms with Crippen molar-refractivity contribution >= 4 is 32.8 Å². The van der Waals surface area contributed by atoms with E-state index in [9.17, 15) is 0 Å². The number of hydrogen-bond donors (Lipinski definition) is 1. The minimum Gasteiger partial charge on any atom is -0.406 e. The first kappa shape index (κ1) is 26.1. The Kier molecular flexibility index (Phi) is 10.9. The molecule has 0 aliphatic carbocycles. The van der Waals surface area contributed by atoms with Crippen LogP contribution in [0, 0.1) is 5.92 Å². The van der Waals surface area contributed by atoms with Gasteiger partial charge in [0, 0.05) is 6.04 Å². The molecule has 0 saturated heterocycles. The fraction of sp³-hybridized carbons (Fsp3) is 0.520. The van der Waals surface area contributed by atoms with Crippen LogP contribution in [0.15, 0.2) is 60.7 Å². The first-order valence-electron chi connectivity index (χ1n) is 11.1. The molecule has 160 valence electrons. The minimum atomic E-state index is -2.45. The number of rotatable bonds is 7. The summed E-state index contributed by atoms with van der Waals surface area (Å²) >= 11 is -0.139. The molecule has 0 fully saturated rings. The van der Waals surface area contributed by atoms with E-state index < -0.39 is 8.32 Å². The summed E-state index contributed by atoms with van der Waals surface area (Å²) in [5.41, 5.74) is 6.43. The molecule has 2 aromatic carbocycles. The summed E-state index contributed by atoms with van der Waals surface area (Å²) in [5.74, 6) is 7.37. The highest BCUT2D eigenvalue weighted by Gasteiger charge is 2.50. The Bertz CT molecular complexity index is 643. The molecule has 0 aromatic heterocycles. The fourth-order valence-electron chi connectivity index (χ4n) is 3.45. The summed E-state index contributed by atoms with van der Waals surface area (Å²) in [6.07, 6.45) is 1.07. The van der Waals surface area contributed by atoms with Crippen LogP contribution in [0.4, 0.5) is 0 Å². The van der Waals surface area contributed by atoms with Gasteiger partial charge in [-0.15, -0.1) is 17.4 Å². The molecule has 0 bridgehead atoms. The molecule has 4 heteroatoms. The lowest BCUT2D eigenvalue weighted by molar-refractivity contribution is 0.237. The van der Waals surface area contributed by atoms with Crippen molar-refractivity contribution in [2.75, 3.05) is 6.61 Å². The van der Waals surface area contributed by atoms with Crippen LogP contribution in [-0.2, 0) is 4.43 Å². The summed E-state index contributed by atoms with van der Waals surface area (Å²) in [5, 5.41) is 2.63. The average molecular weight is 428 g/mol. The van der Waals surface area contributed by atoms with E-state index in [4.69, 9.17) is 10.2 Å². The normalized spacial score (nSPS) is 13.8. The van der Waals surface area contributed by atoms with Crippen LogP contribution < -0.4 is 16.1 Å². The Morgan fingerprint density at radius 3 is 1.59 bits per heavy atom. The maximum atomic E-state index is 6.86. The molecule has 2 aromatic rings. The van der Waals surface area contributed by atoms with Crippen LogP contribution in [0.1, 0.15) is 41.0 Å². The zero-order chi connectivity index (χ0) is 22.1. The molecule has 0 spiro atoms. The lowest BCUT2D eigenvalue weighted by Gasteiger charge is -2.43. The Morgan fingerprint density at radius 1 is 0.897 bits per heavy atom. The zero-order valence-electron chi connectivity index (χ0n) is 19.9. The van der Waals surface area contributed by atoms with Crippen molar-refractivity contribution in [3.8, 4) is 0 Å². The molecule has 0 aliphatic rings. The Hall–Kier alpha value is -0.891. The molecule has 0 aliphatic heterocycles. The zero-order valence-corrected chi connectivity index (χ0v) is 22.1. The van der Waals surface area contributed by atoms with E-state index in [1.165, 1.54) is 10.4 Å². The standard InChI is InChI=1S/C22H33NOSi.3CH3.Al/c1-6-18(2)21(23)17-24-25(22(3,4)5,19-13-9-7-10-14-19)20-15-11-8-12-16-20;;;;/h7-16,18,21H,6,17,23H2,1-5H3;3*1H3;/t18-,21+;;;;/m0..../s1. The number of nitrogens with two attached hydrogens (primary N) is 1. The molecule has 0 amide bonds. The van der Waals surface area contributed by atoms with Gasteiger partial charge in [-0.25, -0.2) is 0 Å². The monoisotopic (exact) mass is 427 g/mol. The molecule has 0 unspecified atom stereocenters. The van der Waals surface area contributed by atoms with E-state index in [1.54, 1.807) is 0 Å². The van der Waals surface area contributed by atoms with Crippen LogP contribution in [0.2, 0.25) is 22.4 Å². The van der Waals surface area contributed by atoms with E-state index in [2.05, 4.69) is 113 Å². The third-order valence-electron chi connectivity index (χ3n) is 5.28. The molecule has 0 saturated carbocycles. The van der Waals surface area contributed by atoms with Crippen LogP contribution in [0.3, 0.4) is 0 Å². The van der Waals surface area contributed by atoms with Gasteiger partial charge in [0.15, 0.2) is 0 Å². The SMILES string of the molecule is CC[C@H](C)[C@H](N)CO[Si](c1ccccc1)(c1ccccc1)C(C)(C)C.[CH3][Al]([CH3])[CH3]. The Labute approximate surface area is 185 Å². The van der Waals surface area contributed by atoms with E-state index in [1.807, 2.05) is 0 Å². The molecule has 2 nitrogen and oxygen atoms in total. The van der Waals surface area contributed by atoms with Gasteiger partial charge in [-0.05, 0) is 21.3 Å². The third kappa shape index (κ3) is 7.38. The van der Waals surface area contributed by atoms with Crippen molar-refractivity contribution in [2.45, 2.75) is 69.5 Å². The average Bonchev–Trinajstić information content (AvgIpc) is 2.68. The lowest BCUT2D eigenvalue weighted by Crippen LogP contribution is -2.67. The molecule has 2 atom stereocenters. The predicted octanol–water partition coefficient (Wildman–Crippen LogP) is 5.31. The maximum Gasteiger partial charge on any atom is 0.261 e. The smallest absolute Gasteiger partial charge is 0.261 e. The predicted molar refractivity (Wildman–Crippen MR) is 134 cm³/mol. The van der Waals surface area contributed by atoms with Gasteiger partial charge in [-0.2, -0.15) is 0 Å². The van der Waals surface area contributed by atoms with Crippen LogP contribution in [0.25, 0.3) is 0 Å². The lowest BCUT2D eigenvalue weighted by atomic mass is 10.0. The van der Waals surface area contributed by atoms with Crippen molar-refractivity contribution in [3.05, 3.63) is 60.7 Å². The van der Waals surface area contributed by atoms with Gasteiger partial charge < -0.3 is 10.2 Å². The van der Waals surface area contributed by atoms with Gasteiger partial charge in [0.05, 0.1) is 6.61 Å². The van der Waals surface area contributed by atoms with Gasteiger partial charge in [-0.1, -0.05) is 102 Å². The first-order chi connectivity index (χ1) is 13.6. The van der Waals surface area contributed by atoms with Crippen LogP contribution in [-0.4, -0.2) is 35.1 Å². The molecule has 0 radical (unpaired) electrons. The van der Waals surface area contributed by atoms with Crippen LogP contribution in [0.5, 0.6) is 0 Å². The second-order valence-corrected chi connectivity index (χ2v) is 17.5. The van der Waals surface area contributed by atoms with Gasteiger partial charge in [-0.3, -0.25) is 0 Å². The highest BCUT2D eigenvalue weighted by atomic mass is 28.4. The maximum absolute atomic E-state index is 6.86. The summed E-state index contributed by atoms with van der Waals surface area (Å²) in [7, 11) is -2.45. The number of hydrogen-bond acceptors (Lipinski definition) is 2. The molecular weight excluding hydrogens is 385 g/mol. The van der Waals surface area contributed by atoms with Crippen LogP contribution >= 0.6 is 0 Å². The van der Waals surface area contributed by atoms with Gasteiger partial charge in [0.25, 0.3) is 22.5 Å². The molecular formula is C25H42AlNOSi. The number of benzene rings is 2. The van der Waals surface area contributed by atoms with Gasteiger partial charge in [0.2, 0.25) is 0 Å². The quantitative estimate of drug-likeness (QED) is 0.608. The van der Waals surface area contributed by atoms with Gasteiger partial charge >= 0.3 is 0 Å². The summed E-state index contributed by atoms with van der Waals surface area (Å²) in [4.78, 5) is 0. The molecule has 0 heterocycles. The largest absolute Gasteiger partial charge is 0.406 e. The third-order valence-corrected chi connectivity index (χ3v) is 10.3. The highest BCUT2D eigenvalue weighted by molar-refractivity contribution is 6.99. The molecule has 2 rings (SSSR count). The van der Waals surface area contributed by atoms with Crippen molar-refractivity contribution < 1.29 is 4.43 Å². The fourth-order valence-corrected chi connectivity index (χ4v) is 8.05. The van der Waals surface area contributed by atoms with Crippen molar-refractivity contribution in [3.63, 3.8) is 0 Å². The topological polar surface area (TPSA) is 35.2 Å². The molecule has 29 heavy (non-hydrogen) atoms. The van der Waals surface area contributed by atoms with E-state index in [-0.39, 0.29) is 25.2 Å². The first-order valence-corrected chi connectivity index (χ1v) is 16.4. The summed E-state index contributed by atoms with van der Waals surface area (Å²) < 4.78 is 6.86. The summed E-state index contributed by atoms with van der Waals surface area (Å²) in [6, 6.07) is 21.5. The van der Waals surface area contributed by atoms with E-state index in [0.29, 0.717) is 12.5 Å². The Morgan fingerprint density at radius 2 is 1.28 bits per heavy atom. The second-order valence-electron chi connectivity index (χ2n) is 9.76. The van der Waals surface area contributed by atoms with Gasteiger partial charge in [0.1, 0.15) is 0 Å².